The number of benzene rings is 2. The Morgan fingerprint density at radius 3 is 2.20 bits per heavy atom. The first-order valence-electron chi connectivity index (χ1n) is 7.91. The minimum absolute atomic E-state index is 0.253. The second-order valence-electron chi connectivity index (χ2n) is 5.99. The molecule has 0 unspecified atom stereocenters. The van der Waals surface area contributed by atoms with Crippen LogP contribution in [0.5, 0.6) is 0 Å². The number of carbonyl (C=O) groups excluding carboxylic acids is 3. The van der Waals surface area contributed by atoms with Gasteiger partial charge in [0, 0.05) is 18.3 Å². The van der Waals surface area contributed by atoms with E-state index >= 15 is 0 Å². The summed E-state index contributed by atoms with van der Waals surface area (Å²) in [4.78, 5) is 37.3. The SMILES string of the molecule is CC(=O)N(C(=O)C(=O)Nc1ccc(C(C)C)cc1)c1cccc(N)c1. The first kappa shape index (κ1) is 18.2. The van der Waals surface area contributed by atoms with Crippen LogP contribution in [0.25, 0.3) is 0 Å². The number of nitrogens with one attached hydrogen (secondary N) is 1. The van der Waals surface area contributed by atoms with Crippen molar-refractivity contribution in [1.82, 2.24) is 0 Å². The molecule has 0 spiro atoms. The summed E-state index contributed by atoms with van der Waals surface area (Å²) in [6, 6.07) is 13.4. The van der Waals surface area contributed by atoms with Crippen molar-refractivity contribution in [3.8, 4) is 0 Å². The predicted molar refractivity (Wildman–Crippen MR) is 98.2 cm³/mol. The van der Waals surface area contributed by atoms with Crippen molar-refractivity contribution in [3.05, 3.63) is 54.1 Å². The third-order valence-electron chi connectivity index (χ3n) is 3.68. The molecule has 2 rings (SSSR count). The Morgan fingerprint density at radius 2 is 1.68 bits per heavy atom. The van der Waals surface area contributed by atoms with Gasteiger partial charge in [-0.25, -0.2) is 4.90 Å². The summed E-state index contributed by atoms with van der Waals surface area (Å²) in [5.41, 5.74) is 7.93. The zero-order valence-electron chi connectivity index (χ0n) is 14.4. The highest BCUT2D eigenvalue weighted by molar-refractivity contribution is 6.48. The molecule has 0 heterocycles. The summed E-state index contributed by atoms with van der Waals surface area (Å²) in [7, 11) is 0. The molecule has 3 N–H and O–H groups in total. The van der Waals surface area contributed by atoms with Gasteiger partial charge in [0.1, 0.15) is 0 Å². The lowest BCUT2D eigenvalue weighted by molar-refractivity contribution is -0.136. The Balaban J connectivity index is 2.18. The molecule has 6 heteroatoms. The maximum atomic E-state index is 12.4. The average molecular weight is 339 g/mol. The fraction of sp³-hybridized carbons (Fsp3) is 0.211. The van der Waals surface area contributed by atoms with Crippen molar-refractivity contribution in [2.75, 3.05) is 16.0 Å². The van der Waals surface area contributed by atoms with E-state index in [-0.39, 0.29) is 5.69 Å². The first-order valence-corrected chi connectivity index (χ1v) is 7.91. The Hall–Kier alpha value is -3.15. The third kappa shape index (κ3) is 4.44. The van der Waals surface area contributed by atoms with E-state index < -0.39 is 17.7 Å². The molecule has 0 aliphatic carbocycles. The van der Waals surface area contributed by atoms with Crippen LogP contribution in [-0.2, 0) is 14.4 Å². The predicted octanol–water partition coefficient (Wildman–Crippen LogP) is 2.91. The van der Waals surface area contributed by atoms with Gasteiger partial charge in [-0.05, 0) is 41.8 Å². The van der Waals surface area contributed by atoms with Crippen molar-refractivity contribution in [3.63, 3.8) is 0 Å². The highest BCUT2D eigenvalue weighted by atomic mass is 16.2. The van der Waals surface area contributed by atoms with Gasteiger partial charge in [-0.15, -0.1) is 0 Å². The van der Waals surface area contributed by atoms with E-state index in [1.165, 1.54) is 13.0 Å². The van der Waals surface area contributed by atoms with Gasteiger partial charge >= 0.3 is 11.8 Å². The Morgan fingerprint density at radius 1 is 1.04 bits per heavy atom. The van der Waals surface area contributed by atoms with Crippen molar-refractivity contribution in [1.29, 1.82) is 0 Å². The van der Waals surface area contributed by atoms with E-state index in [1.54, 1.807) is 30.3 Å². The topological polar surface area (TPSA) is 92.5 Å². The van der Waals surface area contributed by atoms with Gasteiger partial charge in [-0.3, -0.25) is 14.4 Å². The molecule has 2 aromatic rings. The summed E-state index contributed by atoms with van der Waals surface area (Å²) in [6.07, 6.45) is 0. The van der Waals surface area contributed by atoms with Crippen LogP contribution in [0.3, 0.4) is 0 Å². The summed E-state index contributed by atoms with van der Waals surface area (Å²) < 4.78 is 0. The summed E-state index contributed by atoms with van der Waals surface area (Å²) >= 11 is 0. The van der Waals surface area contributed by atoms with E-state index in [0.717, 1.165) is 10.5 Å². The average Bonchev–Trinajstić information content (AvgIpc) is 2.55. The molecule has 0 atom stereocenters. The van der Waals surface area contributed by atoms with Gasteiger partial charge in [0.15, 0.2) is 0 Å². The molecule has 6 nitrogen and oxygen atoms in total. The van der Waals surface area contributed by atoms with Gasteiger partial charge in [0.25, 0.3) is 0 Å². The third-order valence-corrected chi connectivity index (χ3v) is 3.68. The molecule has 130 valence electrons. The lowest BCUT2D eigenvalue weighted by Gasteiger charge is -2.19. The summed E-state index contributed by atoms with van der Waals surface area (Å²) in [5, 5.41) is 2.51. The van der Waals surface area contributed by atoms with Gasteiger partial charge in [-0.1, -0.05) is 32.0 Å². The molecule has 3 amide bonds. The molecule has 25 heavy (non-hydrogen) atoms. The molecule has 2 aromatic carbocycles. The minimum Gasteiger partial charge on any atom is -0.399 e. The largest absolute Gasteiger partial charge is 0.399 e. The second-order valence-corrected chi connectivity index (χ2v) is 5.99. The number of nitrogens with two attached hydrogens (primary N) is 1. The smallest absolute Gasteiger partial charge is 0.323 e. The number of nitrogens with zero attached hydrogens (tertiary/aromatic N) is 1. The van der Waals surface area contributed by atoms with Crippen LogP contribution in [0.2, 0.25) is 0 Å². The molecule has 0 aromatic heterocycles. The quantitative estimate of drug-likeness (QED) is 0.664. The van der Waals surface area contributed by atoms with Crippen LogP contribution >= 0.6 is 0 Å². The maximum Gasteiger partial charge on any atom is 0.323 e. The van der Waals surface area contributed by atoms with Crippen LogP contribution in [0.4, 0.5) is 17.1 Å². The molecular formula is C19H21N3O3. The van der Waals surface area contributed by atoms with E-state index in [0.29, 0.717) is 17.3 Å². The van der Waals surface area contributed by atoms with Crippen molar-refractivity contribution in [2.45, 2.75) is 26.7 Å². The number of rotatable bonds is 3. The standard InChI is InChI=1S/C19H21N3O3/c1-12(2)14-7-9-16(10-8-14)21-18(24)19(25)22(13(3)23)17-6-4-5-15(20)11-17/h4-12H,20H2,1-3H3,(H,21,24). The lowest BCUT2D eigenvalue weighted by atomic mass is 10.0. The van der Waals surface area contributed by atoms with Crippen molar-refractivity contribution < 1.29 is 14.4 Å². The maximum absolute atomic E-state index is 12.4. The van der Waals surface area contributed by atoms with Gasteiger partial charge in [-0.2, -0.15) is 0 Å². The molecule has 0 saturated carbocycles. The first-order chi connectivity index (χ1) is 11.8. The van der Waals surface area contributed by atoms with Crippen LogP contribution in [0.1, 0.15) is 32.3 Å². The highest BCUT2D eigenvalue weighted by Crippen LogP contribution is 2.20. The number of hydrogen-bond donors (Lipinski definition) is 2. The Labute approximate surface area is 146 Å². The van der Waals surface area contributed by atoms with Crippen LogP contribution in [0.15, 0.2) is 48.5 Å². The zero-order chi connectivity index (χ0) is 18.6. The highest BCUT2D eigenvalue weighted by Gasteiger charge is 2.27. The van der Waals surface area contributed by atoms with E-state index in [2.05, 4.69) is 19.2 Å². The molecule has 0 bridgehead atoms. The normalized spacial score (nSPS) is 10.4. The number of imide groups is 1. The zero-order valence-corrected chi connectivity index (χ0v) is 14.4. The number of hydrogen-bond acceptors (Lipinski definition) is 4. The van der Waals surface area contributed by atoms with E-state index in [9.17, 15) is 14.4 Å². The van der Waals surface area contributed by atoms with E-state index in [1.807, 2.05) is 12.1 Å². The van der Waals surface area contributed by atoms with Gasteiger partial charge in [0.05, 0.1) is 5.69 Å². The fourth-order valence-electron chi connectivity index (χ4n) is 2.34. The van der Waals surface area contributed by atoms with Gasteiger partial charge in [0.2, 0.25) is 5.91 Å². The van der Waals surface area contributed by atoms with Crippen LogP contribution in [0, 0.1) is 0 Å². The summed E-state index contributed by atoms with van der Waals surface area (Å²) in [6.45, 7) is 5.34. The molecule has 0 aliphatic rings. The lowest BCUT2D eigenvalue weighted by Crippen LogP contribution is -2.42. The molecular weight excluding hydrogens is 318 g/mol. The van der Waals surface area contributed by atoms with Crippen molar-refractivity contribution >= 4 is 34.8 Å². The second kappa shape index (κ2) is 7.61. The van der Waals surface area contributed by atoms with Gasteiger partial charge < -0.3 is 11.1 Å². The molecule has 0 radical (unpaired) electrons. The monoisotopic (exact) mass is 339 g/mol. The minimum atomic E-state index is -0.967. The Kier molecular flexibility index (Phi) is 5.54. The molecule has 0 fully saturated rings. The Bertz CT molecular complexity index is 798. The van der Waals surface area contributed by atoms with Crippen molar-refractivity contribution in [2.24, 2.45) is 0 Å². The van der Waals surface area contributed by atoms with Crippen LogP contribution in [-0.4, -0.2) is 17.7 Å². The number of carbonyl (C=O) groups is 3. The summed E-state index contributed by atoms with van der Waals surface area (Å²) in [5.74, 6) is -2.06. The van der Waals surface area contributed by atoms with Crippen LogP contribution < -0.4 is 16.0 Å². The number of nitrogen functional groups attached to an aromatic ring is 1. The fourth-order valence-corrected chi connectivity index (χ4v) is 2.34. The molecule has 0 aliphatic heterocycles. The number of amides is 3. The molecule has 0 saturated heterocycles. The van der Waals surface area contributed by atoms with E-state index in [4.69, 9.17) is 5.73 Å². The number of anilines is 3.